The Bertz CT molecular complexity index is 466. The lowest BCUT2D eigenvalue weighted by molar-refractivity contribution is 0.290. The van der Waals surface area contributed by atoms with Crippen LogP contribution in [-0.4, -0.2) is 10.8 Å². The van der Waals surface area contributed by atoms with Crippen LogP contribution in [0.2, 0.25) is 0 Å². The molecule has 0 N–H and O–H groups in total. The van der Waals surface area contributed by atoms with Crippen molar-refractivity contribution in [3.05, 3.63) is 29.1 Å². The summed E-state index contributed by atoms with van der Waals surface area (Å²) >= 11 is -2.65. The van der Waals surface area contributed by atoms with Crippen LogP contribution >= 0.6 is 0 Å². The van der Waals surface area contributed by atoms with Crippen molar-refractivity contribution in [2.24, 2.45) is 0 Å². The molecule has 1 aromatic rings. The minimum Gasteiger partial charge on any atom is -0.373 e. The fourth-order valence-electron chi connectivity index (χ4n) is 1.02. The van der Waals surface area contributed by atoms with Crippen molar-refractivity contribution in [1.82, 2.24) is 0 Å². The highest BCUT2D eigenvalue weighted by Crippen LogP contribution is 2.29. The molecule has 0 bridgehead atoms. The fourth-order valence-corrected chi connectivity index (χ4v) is 1.61. The van der Waals surface area contributed by atoms with Crippen molar-refractivity contribution in [2.45, 2.75) is 19.8 Å². The van der Waals surface area contributed by atoms with Gasteiger partial charge in [-0.3, -0.25) is 4.18 Å². The van der Waals surface area contributed by atoms with Gasteiger partial charge < -0.3 is 4.18 Å². The van der Waals surface area contributed by atoms with Crippen LogP contribution in [-0.2, 0) is 15.5 Å². The molecule has 0 saturated carbocycles. The summed E-state index contributed by atoms with van der Waals surface area (Å²) in [4.78, 5) is 0. The number of benzene rings is 1. The average Bonchev–Trinajstić information content (AvgIpc) is 2.39. The van der Waals surface area contributed by atoms with E-state index in [0.29, 0.717) is 12.8 Å². The van der Waals surface area contributed by atoms with E-state index in [1.165, 1.54) is 0 Å². The van der Waals surface area contributed by atoms with E-state index in [0.717, 1.165) is 0 Å². The van der Waals surface area contributed by atoms with Crippen LogP contribution in [0, 0.1) is 29.1 Å². The molecule has 1 rings (SSSR count). The third-order valence-electron chi connectivity index (χ3n) is 2.00. The van der Waals surface area contributed by atoms with Gasteiger partial charge in [-0.15, -0.1) is 0 Å². The molecule has 108 valence electrons. The smallest absolute Gasteiger partial charge is 0.360 e. The lowest BCUT2D eigenvalue weighted by atomic mass is 10.3. The van der Waals surface area contributed by atoms with Crippen LogP contribution in [0.25, 0.3) is 0 Å². The quantitative estimate of drug-likeness (QED) is 0.350. The van der Waals surface area contributed by atoms with Crippen LogP contribution in [0.4, 0.5) is 22.0 Å². The molecule has 3 nitrogen and oxygen atoms in total. The van der Waals surface area contributed by atoms with Gasteiger partial charge in [0.05, 0.1) is 6.61 Å². The van der Waals surface area contributed by atoms with Gasteiger partial charge in [0.25, 0.3) is 0 Å². The first-order chi connectivity index (χ1) is 8.90. The van der Waals surface area contributed by atoms with Gasteiger partial charge in [-0.1, -0.05) is 13.3 Å². The maximum absolute atomic E-state index is 13.1. The Morgan fingerprint density at radius 2 is 1.42 bits per heavy atom. The molecule has 9 heteroatoms. The maximum atomic E-state index is 13.1. The van der Waals surface area contributed by atoms with E-state index in [-0.39, 0.29) is 6.61 Å². The molecule has 1 atom stereocenters. The van der Waals surface area contributed by atoms with Gasteiger partial charge >= 0.3 is 11.4 Å². The minimum absolute atomic E-state index is 0.0431. The Labute approximate surface area is 108 Å². The third-order valence-corrected chi connectivity index (χ3v) is 2.66. The normalized spacial score (nSPS) is 12.5. The highest BCUT2D eigenvalue weighted by atomic mass is 32.2. The number of unbranched alkanes of at least 4 members (excludes halogenated alkanes) is 1. The molecular formula is C10H9F5O3S. The van der Waals surface area contributed by atoms with Crippen LogP contribution in [0.5, 0.6) is 5.75 Å². The van der Waals surface area contributed by atoms with Gasteiger partial charge in [-0.25, -0.2) is 13.2 Å². The second-order valence-electron chi connectivity index (χ2n) is 3.36. The van der Waals surface area contributed by atoms with E-state index in [2.05, 4.69) is 8.37 Å². The summed E-state index contributed by atoms with van der Waals surface area (Å²) in [5.41, 5.74) is 0. The zero-order valence-corrected chi connectivity index (χ0v) is 10.5. The Balaban J connectivity index is 2.93. The predicted molar refractivity (Wildman–Crippen MR) is 55.9 cm³/mol. The largest absolute Gasteiger partial charge is 0.373 e. The molecule has 0 aliphatic rings. The maximum Gasteiger partial charge on any atom is 0.360 e. The summed E-state index contributed by atoms with van der Waals surface area (Å²) < 4.78 is 84.2. The molecule has 1 unspecified atom stereocenters. The number of hydrogen-bond acceptors (Lipinski definition) is 3. The Hall–Kier alpha value is -1.22. The molecule has 0 radical (unpaired) electrons. The summed E-state index contributed by atoms with van der Waals surface area (Å²) in [6.07, 6.45) is 1.19. The zero-order chi connectivity index (χ0) is 14.6. The summed E-state index contributed by atoms with van der Waals surface area (Å²) in [6, 6.07) is 0. The van der Waals surface area contributed by atoms with Crippen molar-refractivity contribution >= 4 is 11.4 Å². The van der Waals surface area contributed by atoms with Gasteiger partial charge in [0.2, 0.25) is 34.8 Å². The molecule has 0 amide bonds. The van der Waals surface area contributed by atoms with Gasteiger partial charge in [-0.05, 0) is 6.42 Å². The van der Waals surface area contributed by atoms with Crippen LogP contribution in [0.1, 0.15) is 19.8 Å². The standard InChI is InChI=1S/C10H9F5O3S/c1-2-3-4-17-19(16)18-10-8(14)6(12)5(11)7(13)9(10)15/h2-4H2,1H3. The van der Waals surface area contributed by atoms with E-state index in [4.69, 9.17) is 0 Å². The third kappa shape index (κ3) is 3.63. The number of halogens is 5. The highest BCUT2D eigenvalue weighted by Gasteiger charge is 2.28. The van der Waals surface area contributed by atoms with E-state index in [1.54, 1.807) is 6.92 Å². The average molecular weight is 304 g/mol. The second kappa shape index (κ2) is 6.80. The van der Waals surface area contributed by atoms with E-state index in [9.17, 15) is 26.2 Å². The minimum atomic E-state index is -2.65. The van der Waals surface area contributed by atoms with Crippen molar-refractivity contribution in [3.63, 3.8) is 0 Å². The first-order valence-corrected chi connectivity index (χ1v) is 6.14. The summed E-state index contributed by atoms with van der Waals surface area (Å²) in [5, 5.41) is 0. The van der Waals surface area contributed by atoms with Gasteiger partial charge in [-0.2, -0.15) is 13.0 Å². The molecule has 0 aromatic heterocycles. The predicted octanol–water partition coefficient (Wildman–Crippen LogP) is 3.16. The van der Waals surface area contributed by atoms with Crippen LogP contribution in [0.3, 0.4) is 0 Å². The van der Waals surface area contributed by atoms with Crippen molar-refractivity contribution in [3.8, 4) is 5.75 Å². The topological polar surface area (TPSA) is 35.5 Å². The molecule has 0 heterocycles. The van der Waals surface area contributed by atoms with Gasteiger partial charge in [0.1, 0.15) is 0 Å². The fraction of sp³-hybridized carbons (Fsp3) is 0.400. The second-order valence-corrected chi connectivity index (χ2v) is 4.17. The van der Waals surface area contributed by atoms with Gasteiger partial charge in [0.15, 0.2) is 0 Å². The molecule has 0 aliphatic heterocycles. The first kappa shape index (κ1) is 15.8. The Morgan fingerprint density at radius 1 is 0.947 bits per heavy atom. The van der Waals surface area contributed by atoms with Crippen LogP contribution in [0.15, 0.2) is 0 Å². The van der Waals surface area contributed by atoms with E-state index in [1.807, 2.05) is 0 Å². The molecule has 1 aromatic carbocycles. The van der Waals surface area contributed by atoms with Crippen molar-refractivity contribution < 1.29 is 34.5 Å². The molecular weight excluding hydrogens is 295 g/mol. The number of hydrogen-bond donors (Lipinski definition) is 0. The van der Waals surface area contributed by atoms with Crippen molar-refractivity contribution in [2.75, 3.05) is 6.61 Å². The van der Waals surface area contributed by atoms with E-state index >= 15 is 0 Å². The summed E-state index contributed by atoms with van der Waals surface area (Å²) in [5.74, 6) is -12.7. The highest BCUT2D eigenvalue weighted by molar-refractivity contribution is 7.75. The number of rotatable bonds is 6. The van der Waals surface area contributed by atoms with Gasteiger partial charge in [0, 0.05) is 0 Å². The summed E-state index contributed by atoms with van der Waals surface area (Å²) in [6.45, 7) is 1.76. The molecule has 0 saturated heterocycles. The lowest BCUT2D eigenvalue weighted by Gasteiger charge is -2.08. The summed E-state index contributed by atoms with van der Waals surface area (Å²) in [7, 11) is 0. The zero-order valence-electron chi connectivity index (χ0n) is 9.64. The monoisotopic (exact) mass is 304 g/mol. The lowest BCUT2D eigenvalue weighted by Crippen LogP contribution is -2.11. The molecule has 0 spiro atoms. The SMILES string of the molecule is CCCCOS(=O)Oc1c(F)c(F)c(F)c(F)c1F. The molecule has 0 fully saturated rings. The Kier molecular flexibility index (Phi) is 5.67. The van der Waals surface area contributed by atoms with Crippen molar-refractivity contribution in [1.29, 1.82) is 0 Å². The molecule has 19 heavy (non-hydrogen) atoms. The van der Waals surface area contributed by atoms with E-state index < -0.39 is 46.2 Å². The van der Waals surface area contributed by atoms with Crippen LogP contribution < -0.4 is 4.18 Å². The first-order valence-electron chi connectivity index (χ1n) is 5.14. The Morgan fingerprint density at radius 3 is 1.89 bits per heavy atom. The molecule has 0 aliphatic carbocycles.